The Balaban J connectivity index is 2.18. The van der Waals surface area contributed by atoms with E-state index in [-0.39, 0.29) is 31.2 Å². The topological polar surface area (TPSA) is 93.7 Å². The van der Waals surface area contributed by atoms with Gasteiger partial charge in [0, 0.05) is 5.69 Å². The second-order valence-electron chi connectivity index (χ2n) is 5.47. The van der Waals surface area contributed by atoms with Crippen LogP contribution in [0.2, 0.25) is 0 Å². The number of amides is 1. The van der Waals surface area contributed by atoms with Crippen LogP contribution in [0.3, 0.4) is 0 Å². The Hall–Kier alpha value is -2.87. The third kappa shape index (κ3) is 5.30. The highest BCUT2D eigenvalue weighted by atomic mass is 32.1. The van der Waals surface area contributed by atoms with E-state index in [1.165, 1.54) is 0 Å². The molecule has 0 fully saturated rings. The van der Waals surface area contributed by atoms with Gasteiger partial charge in [0.05, 0.1) is 25.3 Å². The summed E-state index contributed by atoms with van der Waals surface area (Å²) in [5, 5.41) is 6.07. The average molecular weight is 390 g/mol. The number of thiophene rings is 1. The van der Waals surface area contributed by atoms with Gasteiger partial charge in [-0.2, -0.15) is 0 Å². The Labute approximate surface area is 161 Å². The molecule has 1 heterocycles. The number of hydrogen-bond donors (Lipinski definition) is 2. The summed E-state index contributed by atoms with van der Waals surface area (Å²) in [5.74, 6) is -1.33. The quantitative estimate of drug-likeness (QED) is 0.671. The molecule has 2 rings (SSSR count). The maximum atomic E-state index is 12.3. The lowest BCUT2D eigenvalue weighted by Crippen LogP contribution is -2.22. The van der Waals surface area contributed by atoms with Crippen LogP contribution >= 0.6 is 11.3 Å². The molecular formula is C19H22N2O5S. The Kier molecular flexibility index (Phi) is 7.36. The van der Waals surface area contributed by atoms with Crippen molar-refractivity contribution in [2.24, 2.45) is 0 Å². The van der Waals surface area contributed by atoms with Crippen LogP contribution in [0.25, 0.3) is 0 Å². The van der Waals surface area contributed by atoms with Crippen molar-refractivity contribution in [3.63, 3.8) is 0 Å². The second kappa shape index (κ2) is 9.72. The molecule has 0 atom stereocenters. The molecule has 27 heavy (non-hydrogen) atoms. The van der Waals surface area contributed by atoms with Crippen molar-refractivity contribution in [1.82, 2.24) is 0 Å². The number of ether oxygens (including phenoxy) is 2. The molecule has 0 aliphatic rings. The summed E-state index contributed by atoms with van der Waals surface area (Å²) in [6, 6.07) is 9.03. The normalized spacial score (nSPS) is 10.2. The summed E-state index contributed by atoms with van der Waals surface area (Å²) in [4.78, 5) is 36.9. The number of rotatable bonds is 8. The lowest BCUT2D eigenvalue weighted by atomic mass is 10.1. The zero-order valence-corrected chi connectivity index (χ0v) is 16.3. The fraction of sp³-hybridized carbons (Fsp3) is 0.316. The van der Waals surface area contributed by atoms with Gasteiger partial charge in [-0.05, 0) is 38.5 Å². The van der Waals surface area contributed by atoms with Crippen molar-refractivity contribution in [2.75, 3.05) is 30.4 Å². The first kappa shape index (κ1) is 20.4. The lowest BCUT2D eigenvalue weighted by molar-refractivity contribution is -0.114. The number of nitrogens with one attached hydrogen (secondary N) is 2. The summed E-state index contributed by atoms with van der Waals surface area (Å²) in [6.45, 7) is 5.43. The van der Waals surface area contributed by atoms with E-state index in [4.69, 9.17) is 9.47 Å². The molecule has 1 amide bonds. The molecule has 0 radical (unpaired) electrons. The minimum Gasteiger partial charge on any atom is -0.462 e. The van der Waals surface area contributed by atoms with E-state index in [1.807, 2.05) is 18.2 Å². The number of carbonyl (C=O) groups is 3. The molecule has 1 aromatic heterocycles. The monoisotopic (exact) mass is 390 g/mol. The molecule has 1 aromatic carbocycles. The van der Waals surface area contributed by atoms with Gasteiger partial charge in [0.15, 0.2) is 0 Å². The van der Waals surface area contributed by atoms with Crippen molar-refractivity contribution in [2.45, 2.75) is 20.8 Å². The number of carbonyl (C=O) groups excluding carboxylic acids is 3. The second-order valence-corrected chi connectivity index (χ2v) is 6.49. The van der Waals surface area contributed by atoms with Crippen molar-refractivity contribution < 1.29 is 23.9 Å². The van der Waals surface area contributed by atoms with Gasteiger partial charge >= 0.3 is 11.9 Å². The Morgan fingerprint density at radius 1 is 1.00 bits per heavy atom. The number of para-hydroxylation sites is 1. The van der Waals surface area contributed by atoms with E-state index in [2.05, 4.69) is 10.6 Å². The smallest absolute Gasteiger partial charge is 0.348 e. The molecule has 0 saturated heterocycles. The van der Waals surface area contributed by atoms with Crippen molar-refractivity contribution >= 4 is 39.9 Å². The summed E-state index contributed by atoms with van der Waals surface area (Å²) in [5.41, 5.74) is 1.39. The molecule has 0 spiro atoms. The van der Waals surface area contributed by atoms with Crippen LogP contribution in [0.5, 0.6) is 0 Å². The van der Waals surface area contributed by atoms with Crippen LogP contribution in [0.15, 0.2) is 30.3 Å². The van der Waals surface area contributed by atoms with Gasteiger partial charge in [-0.3, -0.25) is 4.79 Å². The SMILES string of the molecule is CCOC(=O)c1sc(NCC(=O)Nc2ccccc2)c(C(=O)OCC)c1C. The summed E-state index contributed by atoms with van der Waals surface area (Å²) < 4.78 is 10.1. The number of hydrogen-bond acceptors (Lipinski definition) is 7. The number of benzene rings is 1. The predicted molar refractivity (Wildman–Crippen MR) is 105 cm³/mol. The highest BCUT2D eigenvalue weighted by Crippen LogP contribution is 2.34. The molecule has 0 saturated carbocycles. The first-order chi connectivity index (χ1) is 13.0. The van der Waals surface area contributed by atoms with Gasteiger partial charge in [0.2, 0.25) is 5.91 Å². The molecule has 144 valence electrons. The molecule has 0 aliphatic carbocycles. The first-order valence-corrected chi connectivity index (χ1v) is 9.35. The Bertz CT molecular complexity index is 817. The Morgan fingerprint density at radius 3 is 2.26 bits per heavy atom. The predicted octanol–water partition coefficient (Wildman–Crippen LogP) is 3.46. The largest absolute Gasteiger partial charge is 0.462 e. The molecule has 0 unspecified atom stereocenters. The van der Waals surface area contributed by atoms with Crippen LogP contribution in [0, 0.1) is 6.92 Å². The van der Waals surface area contributed by atoms with E-state index >= 15 is 0 Å². The molecule has 2 N–H and O–H groups in total. The Morgan fingerprint density at radius 2 is 1.63 bits per heavy atom. The van der Waals surface area contributed by atoms with E-state index in [1.54, 1.807) is 32.9 Å². The highest BCUT2D eigenvalue weighted by Gasteiger charge is 2.26. The van der Waals surface area contributed by atoms with Crippen LogP contribution in [-0.4, -0.2) is 37.6 Å². The third-order valence-electron chi connectivity index (χ3n) is 3.55. The van der Waals surface area contributed by atoms with Crippen LogP contribution in [0.4, 0.5) is 10.7 Å². The lowest BCUT2D eigenvalue weighted by Gasteiger charge is -2.08. The summed E-state index contributed by atoms with van der Waals surface area (Å²) >= 11 is 1.07. The van der Waals surface area contributed by atoms with Crippen LogP contribution in [0.1, 0.15) is 39.4 Å². The fourth-order valence-corrected chi connectivity index (χ4v) is 3.45. The van der Waals surface area contributed by atoms with Crippen LogP contribution < -0.4 is 10.6 Å². The first-order valence-electron chi connectivity index (χ1n) is 8.54. The standard InChI is InChI=1S/C19H22N2O5S/c1-4-25-18(23)15-12(3)16(19(24)26-5-2)27-17(15)20-11-14(22)21-13-9-7-6-8-10-13/h6-10,20H,4-5,11H2,1-3H3,(H,21,22). The molecule has 7 nitrogen and oxygen atoms in total. The summed E-state index contributed by atoms with van der Waals surface area (Å²) in [6.07, 6.45) is 0. The zero-order valence-electron chi connectivity index (χ0n) is 15.5. The summed E-state index contributed by atoms with van der Waals surface area (Å²) in [7, 11) is 0. The number of esters is 2. The van der Waals surface area contributed by atoms with Crippen molar-refractivity contribution in [3.05, 3.63) is 46.3 Å². The molecule has 8 heteroatoms. The molecule has 2 aromatic rings. The van der Waals surface area contributed by atoms with Crippen LogP contribution in [-0.2, 0) is 14.3 Å². The number of anilines is 2. The zero-order chi connectivity index (χ0) is 19.8. The van der Waals surface area contributed by atoms with Gasteiger partial charge in [0.25, 0.3) is 0 Å². The minimum absolute atomic E-state index is 0.0660. The highest BCUT2D eigenvalue weighted by molar-refractivity contribution is 7.18. The van der Waals surface area contributed by atoms with Gasteiger partial charge < -0.3 is 20.1 Å². The van der Waals surface area contributed by atoms with Crippen molar-refractivity contribution in [1.29, 1.82) is 0 Å². The minimum atomic E-state index is -0.548. The molecule has 0 bridgehead atoms. The maximum absolute atomic E-state index is 12.3. The maximum Gasteiger partial charge on any atom is 0.348 e. The van der Waals surface area contributed by atoms with E-state index in [0.29, 0.717) is 21.1 Å². The van der Waals surface area contributed by atoms with Crippen molar-refractivity contribution in [3.8, 4) is 0 Å². The van der Waals surface area contributed by atoms with Gasteiger partial charge in [-0.15, -0.1) is 11.3 Å². The van der Waals surface area contributed by atoms with E-state index in [9.17, 15) is 14.4 Å². The fourth-order valence-electron chi connectivity index (χ4n) is 2.37. The third-order valence-corrected chi connectivity index (χ3v) is 4.78. The molecular weight excluding hydrogens is 368 g/mol. The van der Waals surface area contributed by atoms with Gasteiger partial charge in [-0.1, -0.05) is 18.2 Å². The van der Waals surface area contributed by atoms with Gasteiger partial charge in [0.1, 0.15) is 9.88 Å². The van der Waals surface area contributed by atoms with Gasteiger partial charge in [-0.25, -0.2) is 9.59 Å². The molecule has 0 aliphatic heterocycles. The van der Waals surface area contributed by atoms with E-state index in [0.717, 1.165) is 11.3 Å². The van der Waals surface area contributed by atoms with E-state index < -0.39 is 11.9 Å². The average Bonchev–Trinajstić information content (AvgIpc) is 2.98.